The summed E-state index contributed by atoms with van der Waals surface area (Å²) in [6, 6.07) is 6.16. The Balaban J connectivity index is 2.31. The van der Waals surface area contributed by atoms with Gasteiger partial charge in [0.15, 0.2) is 0 Å². The van der Waals surface area contributed by atoms with Gasteiger partial charge in [0.2, 0.25) is 0 Å². The zero-order valence-corrected chi connectivity index (χ0v) is 9.83. The lowest BCUT2D eigenvalue weighted by Crippen LogP contribution is -1.97. The number of nitrogens with two attached hydrogens (primary N) is 1. The van der Waals surface area contributed by atoms with Crippen molar-refractivity contribution < 1.29 is 4.39 Å². The van der Waals surface area contributed by atoms with E-state index in [0.717, 1.165) is 11.4 Å². The van der Waals surface area contributed by atoms with Gasteiger partial charge in [-0.1, -0.05) is 0 Å². The highest BCUT2D eigenvalue weighted by Crippen LogP contribution is 2.28. The van der Waals surface area contributed by atoms with Crippen LogP contribution in [-0.2, 0) is 0 Å². The third-order valence-electron chi connectivity index (χ3n) is 2.05. The van der Waals surface area contributed by atoms with E-state index < -0.39 is 0 Å². The summed E-state index contributed by atoms with van der Waals surface area (Å²) in [5, 5.41) is 3.09. The second-order valence-corrected chi connectivity index (χ2v) is 4.07. The van der Waals surface area contributed by atoms with Gasteiger partial charge in [-0.05, 0) is 40.2 Å². The number of aromatic nitrogens is 1. The minimum Gasteiger partial charge on any atom is -0.396 e. The first-order chi connectivity index (χ1) is 7.66. The van der Waals surface area contributed by atoms with Gasteiger partial charge >= 0.3 is 0 Å². The van der Waals surface area contributed by atoms with E-state index in [-0.39, 0.29) is 5.82 Å². The molecule has 5 heteroatoms. The maximum atomic E-state index is 12.9. The fraction of sp³-hybridized carbons (Fsp3) is 0. The molecule has 16 heavy (non-hydrogen) atoms. The molecule has 0 saturated heterocycles. The van der Waals surface area contributed by atoms with Crippen LogP contribution in [0.15, 0.2) is 41.1 Å². The van der Waals surface area contributed by atoms with Crippen LogP contribution >= 0.6 is 15.9 Å². The lowest BCUT2D eigenvalue weighted by atomic mass is 10.3. The quantitative estimate of drug-likeness (QED) is 0.888. The van der Waals surface area contributed by atoms with Gasteiger partial charge in [0, 0.05) is 10.7 Å². The number of anilines is 3. The van der Waals surface area contributed by atoms with E-state index in [2.05, 4.69) is 26.2 Å². The van der Waals surface area contributed by atoms with Crippen LogP contribution in [0.4, 0.5) is 21.5 Å². The Kier molecular flexibility index (Phi) is 3.05. The fourth-order valence-corrected chi connectivity index (χ4v) is 1.71. The number of pyridine rings is 1. The summed E-state index contributed by atoms with van der Waals surface area (Å²) in [4.78, 5) is 3.89. The molecule has 0 radical (unpaired) electrons. The van der Waals surface area contributed by atoms with Crippen LogP contribution in [0.25, 0.3) is 0 Å². The molecule has 0 aliphatic rings. The molecule has 1 aromatic carbocycles. The van der Waals surface area contributed by atoms with Gasteiger partial charge in [-0.3, -0.25) is 4.98 Å². The van der Waals surface area contributed by atoms with Crippen LogP contribution in [-0.4, -0.2) is 4.98 Å². The molecule has 0 aliphatic heterocycles. The van der Waals surface area contributed by atoms with Crippen molar-refractivity contribution in [1.82, 2.24) is 4.98 Å². The molecule has 2 aromatic rings. The van der Waals surface area contributed by atoms with E-state index >= 15 is 0 Å². The molecule has 0 unspecified atom stereocenters. The van der Waals surface area contributed by atoms with E-state index in [1.165, 1.54) is 12.1 Å². The standard InChI is InChI=1S/C11H9BrFN3/c12-8-5-7(13)1-2-10(8)16-11-3-4-15-6-9(11)14/h1-6H,14H2,(H,15,16). The molecule has 0 bridgehead atoms. The molecule has 3 N–H and O–H groups in total. The summed E-state index contributed by atoms with van der Waals surface area (Å²) in [5.41, 5.74) is 7.76. The van der Waals surface area contributed by atoms with Gasteiger partial charge in [0.25, 0.3) is 0 Å². The lowest BCUT2D eigenvalue weighted by molar-refractivity contribution is 0.627. The summed E-state index contributed by atoms with van der Waals surface area (Å²) in [6.45, 7) is 0. The predicted molar refractivity (Wildman–Crippen MR) is 66.0 cm³/mol. The van der Waals surface area contributed by atoms with Gasteiger partial charge in [-0.25, -0.2) is 4.39 Å². The average Bonchev–Trinajstić information content (AvgIpc) is 2.25. The van der Waals surface area contributed by atoms with Crippen LogP contribution in [0.5, 0.6) is 0 Å². The minimum absolute atomic E-state index is 0.292. The number of nitrogens with zero attached hydrogens (tertiary/aromatic N) is 1. The van der Waals surface area contributed by atoms with Crippen LogP contribution in [0.2, 0.25) is 0 Å². The number of benzene rings is 1. The molecule has 1 aromatic heterocycles. The zero-order valence-electron chi connectivity index (χ0n) is 8.24. The van der Waals surface area contributed by atoms with Gasteiger partial charge in [-0.15, -0.1) is 0 Å². The monoisotopic (exact) mass is 281 g/mol. The Morgan fingerprint density at radius 3 is 2.75 bits per heavy atom. The van der Waals surface area contributed by atoms with Gasteiger partial charge < -0.3 is 11.1 Å². The van der Waals surface area contributed by atoms with E-state index in [1.54, 1.807) is 24.5 Å². The van der Waals surface area contributed by atoms with E-state index in [4.69, 9.17) is 5.73 Å². The van der Waals surface area contributed by atoms with E-state index in [9.17, 15) is 4.39 Å². The molecule has 0 saturated carbocycles. The Labute approximate surface area is 101 Å². The summed E-state index contributed by atoms with van der Waals surface area (Å²) < 4.78 is 13.5. The van der Waals surface area contributed by atoms with Crippen molar-refractivity contribution in [2.45, 2.75) is 0 Å². The minimum atomic E-state index is -0.292. The highest BCUT2D eigenvalue weighted by molar-refractivity contribution is 9.10. The number of rotatable bonds is 2. The molecule has 0 atom stereocenters. The van der Waals surface area contributed by atoms with Crippen molar-refractivity contribution in [2.75, 3.05) is 11.1 Å². The Hall–Kier alpha value is -1.62. The fourth-order valence-electron chi connectivity index (χ4n) is 1.26. The number of halogens is 2. The van der Waals surface area contributed by atoms with Gasteiger partial charge in [0.1, 0.15) is 5.82 Å². The molecule has 82 valence electrons. The van der Waals surface area contributed by atoms with Crippen LogP contribution in [0.3, 0.4) is 0 Å². The number of hydrogen-bond acceptors (Lipinski definition) is 3. The van der Waals surface area contributed by atoms with Crippen molar-refractivity contribution in [2.24, 2.45) is 0 Å². The predicted octanol–water partition coefficient (Wildman–Crippen LogP) is 3.31. The average molecular weight is 282 g/mol. The molecule has 0 amide bonds. The van der Waals surface area contributed by atoms with Crippen molar-refractivity contribution in [3.63, 3.8) is 0 Å². The van der Waals surface area contributed by atoms with Gasteiger partial charge in [-0.2, -0.15) is 0 Å². The summed E-state index contributed by atoms with van der Waals surface area (Å²) in [5.74, 6) is -0.292. The van der Waals surface area contributed by atoms with E-state index in [1.807, 2.05) is 0 Å². The zero-order chi connectivity index (χ0) is 11.5. The Morgan fingerprint density at radius 2 is 2.06 bits per heavy atom. The molecule has 0 spiro atoms. The molecule has 3 nitrogen and oxygen atoms in total. The summed E-state index contributed by atoms with van der Waals surface area (Å²) in [6.07, 6.45) is 3.19. The first kappa shape index (κ1) is 10.9. The molecule has 2 rings (SSSR count). The third kappa shape index (κ3) is 2.30. The molecular weight excluding hydrogens is 273 g/mol. The lowest BCUT2D eigenvalue weighted by Gasteiger charge is -2.10. The van der Waals surface area contributed by atoms with Crippen molar-refractivity contribution in [1.29, 1.82) is 0 Å². The van der Waals surface area contributed by atoms with Crippen LogP contribution in [0, 0.1) is 5.82 Å². The largest absolute Gasteiger partial charge is 0.396 e. The maximum absolute atomic E-state index is 12.9. The second kappa shape index (κ2) is 4.49. The highest BCUT2D eigenvalue weighted by Gasteiger charge is 2.03. The first-order valence-electron chi connectivity index (χ1n) is 4.58. The summed E-state index contributed by atoms with van der Waals surface area (Å²) in [7, 11) is 0. The number of nitrogen functional groups attached to an aromatic ring is 1. The third-order valence-corrected chi connectivity index (χ3v) is 2.71. The molecule has 0 fully saturated rings. The molecule has 0 aliphatic carbocycles. The van der Waals surface area contributed by atoms with Gasteiger partial charge in [0.05, 0.1) is 23.3 Å². The Morgan fingerprint density at radius 1 is 1.25 bits per heavy atom. The number of hydrogen-bond donors (Lipinski definition) is 2. The second-order valence-electron chi connectivity index (χ2n) is 3.21. The van der Waals surface area contributed by atoms with Crippen molar-refractivity contribution in [3.8, 4) is 0 Å². The smallest absolute Gasteiger partial charge is 0.124 e. The van der Waals surface area contributed by atoms with Crippen LogP contribution in [0.1, 0.15) is 0 Å². The first-order valence-corrected chi connectivity index (χ1v) is 5.37. The van der Waals surface area contributed by atoms with Crippen molar-refractivity contribution >= 4 is 33.0 Å². The normalized spacial score (nSPS) is 10.1. The molecule has 1 heterocycles. The summed E-state index contributed by atoms with van der Waals surface area (Å²) >= 11 is 3.27. The number of nitrogens with one attached hydrogen (secondary N) is 1. The van der Waals surface area contributed by atoms with Crippen molar-refractivity contribution in [3.05, 3.63) is 46.9 Å². The highest BCUT2D eigenvalue weighted by atomic mass is 79.9. The molecular formula is C11H9BrFN3. The SMILES string of the molecule is Nc1cnccc1Nc1ccc(F)cc1Br. The van der Waals surface area contributed by atoms with Crippen LogP contribution < -0.4 is 11.1 Å². The van der Waals surface area contributed by atoms with E-state index in [0.29, 0.717) is 10.2 Å². The maximum Gasteiger partial charge on any atom is 0.124 e. The topological polar surface area (TPSA) is 50.9 Å². The Bertz CT molecular complexity index is 516.